The van der Waals surface area contributed by atoms with Crippen molar-refractivity contribution in [1.82, 2.24) is 5.32 Å². The predicted molar refractivity (Wildman–Crippen MR) is 70.3 cm³/mol. The zero-order valence-corrected chi connectivity index (χ0v) is 11.3. The molecule has 0 heterocycles. The fraction of sp³-hybridized carbons (Fsp3) is 0.364. The summed E-state index contributed by atoms with van der Waals surface area (Å²) in [7, 11) is 0. The molecule has 0 unspecified atom stereocenters. The number of nitrogens with one attached hydrogen (secondary N) is 1. The zero-order chi connectivity index (χ0) is 12.7. The fourth-order valence-electron chi connectivity index (χ4n) is 1.15. The van der Waals surface area contributed by atoms with Crippen molar-refractivity contribution in [3.63, 3.8) is 0 Å². The number of carbonyl (C=O) groups excluding carboxylic acids is 1. The molecular weight excluding hydrogens is 284 g/mol. The van der Waals surface area contributed by atoms with E-state index in [4.69, 9.17) is 39.5 Å². The summed E-state index contributed by atoms with van der Waals surface area (Å²) in [6, 6.07) is 5.01. The first-order valence-electron chi connectivity index (χ1n) is 5.03. The lowest BCUT2D eigenvalue weighted by atomic mass is 10.3. The number of carbonyl (C=O) groups is 1. The van der Waals surface area contributed by atoms with Gasteiger partial charge in [-0.25, -0.2) is 0 Å². The molecule has 0 radical (unpaired) electrons. The molecule has 0 aromatic heterocycles. The monoisotopic (exact) mass is 295 g/mol. The normalized spacial score (nSPS) is 10.1. The summed E-state index contributed by atoms with van der Waals surface area (Å²) >= 11 is 17.0. The Morgan fingerprint density at radius 2 is 1.88 bits per heavy atom. The van der Waals surface area contributed by atoms with Gasteiger partial charge in [0.15, 0.2) is 0 Å². The number of rotatable bonds is 6. The summed E-state index contributed by atoms with van der Waals surface area (Å²) in [6.45, 7) is 0.999. The van der Waals surface area contributed by atoms with Gasteiger partial charge in [0.2, 0.25) is 5.91 Å². The molecule has 1 aromatic carbocycles. The highest BCUT2D eigenvalue weighted by Crippen LogP contribution is 2.24. The average molecular weight is 297 g/mol. The van der Waals surface area contributed by atoms with E-state index in [0.717, 1.165) is 0 Å². The number of ether oxygens (including phenoxy) is 1. The van der Waals surface area contributed by atoms with Crippen LogP contribution >= 0.6 is 34.8 Å². The van der Waals surface area contributed by atoms with Gasteiger partial charge in [0.1, 0.15) is 11.6 Å². The standard InChI is InChI=1S/C11H12Cl3NO2/c12-7-11(16)15-2-1-3-17-10-5-8(13)4-9(14)6-10/h4-6H,1-3,7H2,(H,15,16). The van der Waals surface area contributed by atoms with E-state index < -0.39 is 0 Å². The van der Waals surface area contributed by atoms with Crippen molar-refractivity contribution in [2.75, 3.05) is 19.0 Å². The van der Waals surface area contributed by atoms with Gasteiger partial charge < -0.3 is 10.1 Å². The number of alkyl halides is 1. The first-order valence-corrected chi connectivity index (χ1v) is 6.32. The van der Waals surface area contributed by atoms with E-state index in [2.05, 4.69) is 5.32 Å². The Hall–Kier alpha value is -0.640. The van der Waals surface area contributed by atoms with Crippen molar-refractivity contribution in [1.29, 1.82) is 0 Å². The summed E-state index contributed by atoms with van der Waals surface area (Å²) in [4.78, 5) is 10.8. The molecule has 0 aliphatic heterocycles. The quantitative estimate of drug-likeness (QED) is 0.647. The van der Waals surface area contributed by atoms with E-state index in [1.165, 1.54) is 0 Å². The van der Waals surface area contributed by atoms with E-state index in [1.807, 2.05) is 0 Å². The van der Waals surface area contributed by atoms with Crippen molar-refractivity contribution in [2.45, 2.75) is 6.42 Å². The van der Waals surface area contributed by atoms with Crippen LogP contribution in [0.2, 0.25) is 10.0 Å². The number of amides is 1. The van der Waals surface area contributed by atoms with Crippen molar-refractivity contribution < 1.29 is 9.53 Å². The summed E-state index contributed by atoms with van der Waals surface area (Å²) in [5.74, 6) is 0.411. The highest BCUT2D eigenvalue weighted by atomic mass is 35.5. The molecule has 0 aliphatic carbocycles. The van der Waals surface area contributed by atoms with E-state index in [-0.39, 0.29) is 11.8 Å². The number of halogens is 3. The van der Waals surface area contributed by atoms with Crippen LogP contribution in [0.5, 0.6) is 5.75 Å². The van der Waals surface area contributed by atoms with Crippen LogP contribution in [0.25, 0.3) is 0 Å². The maximum atomic E-state index is 10.8. The van der Waals surface area contributed by atoms with E-state index >= 15 is 0 Å². The smallest absolute Gasteiger partial charge is 0.234 e. The third-order valence-corrected chi connectivity index (χ3v) is 2.55. The Balaban J connectivity index is 2.24. The van der Waals surface area contributed by atoms with Crippen LogP contribution in [-0.2, 0) is 4.79 Å². The lowest BCUT2D eigenvalue weighted by Gasteiger charge is -2.07. The third kappa shape index (κ3) is 6.01. The highest BCUT2D eigenvalue weighted by Gasteiger charge is 2.00. The van der Waals surface area contributed by atoms with Crippen molar-refractivity contribution in [2.24, 2.45) is 0 Å². The fourth-order valence-corrected chi connectivity index (χ4v) is 1.75. The molecule has 0 saturated heterocycles. The van der Waals surface area contributed by atoms with Crippen LogP contribution in [0, 0.1) is 0 Å². The molecule has 0 saturated carbocycles. The molecule has 0 spiro atoms. The second-order valence-corrected chi connectivity index (χ2v) is 4.43. The summed E-state index contributed by atoms with van der Waals surface area (Å²) in [6.07, 6.45) is 0.687. The van der Waals surface area contributed by atoms with Gasteiger partial charge >= 0.3 is 0 Å². The Morgan fingerprint density at radius 1 is 1.24 bits per heavy atom. The van der Waals surface area contributed by atoms with Gasteiger partial charge in [0, 0.05) is 16.6 Å². The average Bonchev–Trinajstić information content (AvgIpc) is 2.27. The maximum absolute atomic E-state index is 10.8. The topological polar surface area (TPSA) is 38.3 Å². The molecule has 1 N–H and O–H groups in total. The van der Waals surface area contributed by atoms with Crippen LogP contribution in [0.3, 0.4) is 0 Å². The van der Waals surface area contributed by atoms with Gasteiger partial charge in [-0.1, -0.05) is 23.2 Å². The van der Waals surface area contributed by atoms with Crippen molar-refractivity contribution >= 4 is 40.7 Å². The Bertz CT molecular complexity index is 365. The molecule has 0 fully saturated rings. The first-order chi connectivity index (χ1) is 8.11. The Morgan fingerprint density at radius 3 is 2.47 bits per heavy atom. The number of hydrogen-bond acceptors (Lipinski definition) is 2. The molecule has 0 bridgehead atoms. The summed E-state index contributed by atoms with van der Waals surface area (Å²) in [5, 5.41) is 3.70. The largest absolute Gasteiger partial charge is 0.493 e. The molecule has 1 amide bonds. The molecule has 17 heavy (non-hydrogen) atoms. The van der Waals surface area contributed by atoms with Gasteiger partial charge in [-0.2, -0.15) is 0 Å². The lowest BCUT2D eigenvalue weighted by Crippen LogP contribution is -2.26. The molecule has 0 aliphatic rings. The van der Waals surface area contributed by atoms with Gasteiger partial charge in [-0.3, -0.25) is 4.79 Å². The van der Waals surface area contributed by atoms with Crippen LogP contribution < -0.4 is 10.1 Å². The molecule has 3 nitrogen and oxygen atoms in total. The minimum absolute atomic E-state index is 0.0231. The van der Waals surface area contributed by atoms with Crippen LogP contribution in [0.15, 0.2) is 18.2 Å². The van der Waals surface area contributed by atoms with Crippen LogP contribution in [0.1, 0.15) is 6.42 Å². The first kappa shape index (κ1) is 14.4. The molecule has 1 rings (SSSR count). The maximum Gasteiger partial charge on any atom is 0.234 e. The Kier molecular flexibility index (Phi) is 6.48. The molecule has 94 valence electrons. The molecule has 1 aromatic rings. The second kappa shape index (κ2) is 7.64. The van der Waals surface area contributed by atoms with Gasteiger partial charge in [-0.15, -0.1) is 11.6 Å². The second-order valence-electron chi connectivity index (χ2n) is 3.29. The van der Waals surface area contributed by atoms with Gasteiger partial charge in [-0.05, 0) is 24.6 Å². The SMILES string of the molecule is O=C(CCl)NCCCOc1cc(Cl)cc(Cl)c1. The molecule has 0 atom stereocenters. The van der Waals surface area contributed by atoms with Gasteiger partial charge in [0.05, 0.1) is 6.61 Å². The summed E-state index contributed by atoms with van der Waals surface area (Å²) in [5.41, 5.74) is 0. The number of benzene rings is 1. The van der Waals surface area contributed by atoms with Crippen LogP contribution in [-0.4, -0.2) is 24.9 Å². The van der Waals surface area contributed by atoms with Crippen molar-refractivity contribution in [3.05, 3.63) is 28.2 Å². The Labute approximate surface area is 115 Å². The lowest BCUT2D eigenvalue weighted by molar-refractivity contribution is -0.118. The minimum Gasteiger partial charge on any atom is -0.493 e. The van der Waals surface area contributed by atoms with E-state index in [0.29, 0.717) is 35.4 Å². The molecular formula is C11H12Cl3NO2. The molecule has 6 heteroatoms. The minimum atomic E-state index is -0.183. The number of hydrogen-bond donors (Lipinski definition) is 1. The predicted octanol–water partition coefficient (Wildman–Crippen LogP) is 3.12. The zero-order valence-electron chi connectivity index (χ0n) is 9.01. The third-order valence-electron chi connectivity index (χ3n) is 1.87. The summed E-state index contributed by atoms with van der Waals surface area (Å²) < 4.78 is 5.43. The highest BCUT2D eigenvalue weighted by molar-refractivity contribution is 6.34. The van der Waals surface area contributed by atoms with E-state index in [1.54, 1.807) is 18.2 Å². The van der Waals surface area contributed by atoms with Crippen molar-refractivity contribution in [3.8, 4) is 5.75 Å². The van der Waals surface area contributed by atoms with Crippen LogP contribution in [0.4, 0.5) is 0 Å². The van der Waals surface area contributed by atoms with Gasteiger partial charge in [0.25, 0.3) is 0 Å². The van der Waals surface area contributed by atoms with E-state index in [9.17, 15) is 4.79 Å².